The molecule has 0 atom stereocenters. The van der Waals surface area contributed by atoms with E-state index < -0.39 is 5.60 Å². The predicted octanol–water partition coefficient (Wildman–Crippen LogP) is 3.71. The Morgan fingerprint density at radius 2 is 2.15 bits per heavy atom. The van der Waals surface area contributed by atoms with E-state index in [-0.39, 0.29) is 11.5 Å². The lowest BCUT2D eigenvalue weighted by Crippen LogP contribution is -2.37. The van der Waals surface area contributed by atoms with Crippen molar-refractivity contribution in [3.8, 4) is 0 Å². The molecular formula is C15H21BrN2O2. The molecule has 1 aliphatic rings. The van der Waals surface area contributed by atoms with Crippen molar-refractivity contribution in [2.45, 2.75) is 51.6 Å². The fraction of sp³-hybridized carbons (Fsp3) is 0.600. The molecule has 0 aromatic carbocycles. The van der Waals surface area contributed by atoms with Gasteiger partial charge in [0.2, 0.25) is 0 Å². The van der Waals surface area contributed by atoms with Crippen molar-refractivity contribution in [3.05, 3.63) is 28.0 Å². The molecule has 1 N–H and O–H groups in total. The topological polar surface area (TPSA) is 51.2 Å². The highest BCUT2D eigenvalue weighted by molar-refractivity contribution is 9.10. The second kappa shape index (κ2) is 5.35. The van der Waals surface area contributed by atoms with Crippen molar-refractivity contribution in [1.82, 2.24) is 10.3 Å². The first kappa shape index (κ1) is 15.3. The number of alkyl carbamates (subject to hydrolysis) is 1. The summed E-state index contributed by atoms with van der Waals surface area (Å²) < 4.78 is 6.25. The van der Waals surface area contributed by atoms with Gasteiger partial charge in [0.1, 0.15) is 5.60 Å². The van der Waals surface area contributed by atoms with Gasteiger partial charge in [-0.3, -0.25) is 4.98 Å². The number of rotatable bonds is 3. The first-order valence-electron chi connectivity index (χ1n) is 6.81. The van der Waals surface area contributed by atoms with E-state index in [0.717, 1.165) is 28.6 Å². The predicted molar refractivity (Wildman–Crippen MR) is 81.8 cm³/mol. The van der Waals surface area contributed by atoms with Gasteiger partial charge in [-0.25, -0.2) is 4.79 Å². The lowest BCUT2D eigenvalue weighted by molar-refractivity contribution is 0.0522. The monoisotopic (exact) mass is 340 g/mol. The summed E-state index contributed by atoms with van der Waals surface area (Å²) in [6.07, 6.45) is 3.56. The van der Waals surface area contributed by atoms with Crippen molar-refractivity contribution >= 4 is 22.0 Å². The van der Waals surface area contributed by atoms with Gasteiger partial charge in [-0.05, 0) is 68.1 Å². The third-order valence-corrected chi connectivity index (χ3v) is 3.80. The summed E-state index contributed by atoms with van der Waals surface area (Å²) in [5, 5.41) is 2.87. The zero-order chi connectivity index (χ0) is 15.0. The Labute approximate surface area is 128 Å². The van der Waals surface area contributed by atoms with Crippen LogP contribution in [-0.2, 0) is 10.2 Å². The number of carbonyl (C=O) groups excluding carboxylic acids is 1. The van der Waals surface area contributed by atoms with Crippen molar-refractivity contribution < 1.29 is 9.53 Å². The van der Waals surface area contributed by atoms with Gasteiger partial charge < -0.3 is 10.1 Å². The summed E-state index contributed by atoms with van der Waals surface area (Å²) in [5.74, 6) is 0. The van der Waals surface area contributed by atoms with Crippen LogP contribution in [0.4, 0.5) is 4.79 Å². The van der Waals surface area contributed by atoms with Gasteiger partial charge in [0.15, 0.2) is 0 Å². The average molecular weight is 341 g/mol. The van der Waals surface area contributed by atoms with Crippen LogP contribution < -0.4 is 5.32 Å². The Bertz CT molecular complexity index is 519. The third kappa shape index (κ3) is 3.72. The standard InChI is InChI=1S/C15H21BrN2O2/c1-10-7-11(16)8-17-12(10)15(5-6-15)9-18-13(19)20-14(2,3)4/h7-8H,5-6,9H2,1-4H3,(H,18,19). The average Bonchev–Trinajstić information content (AvgIpc) is 3.05. The number of amides is 1. The maximum atomic E-state index is 11.7. The number of halogens is 1. The molecule has 1 amide bonds. The fourth-order valence-electron chi connectivity index (χ4n) is 2.30. The number of aryl methyl sites for hydroxylation is 1. The number of hydrogen-bond acceptors (Lipinski definition) is 3. The van der Waals surface area contributed by atoms with Gasteiger partial charge >= 0.3 is 6.09 Å². The summed E-state index contributed by atoms with van der Waals surface area (Å²) in [6.45, 7) is 8.22. The highest BCUT2D eigenvalue weighted by Gasteiger charge is 2.46. The summed E-state index contributed by atoms with van der Waals surface area (Å²) in [5.41, 5.74) is 1.76. The number of carbonyl (C=O) groups is 1. The Morgan fingerprint density at radius 1 is 1.50 bits per heavy atom. The minimum atomic E-state index is -0.466. The molecule has 0 unspecified atom stereocenters. The first-order valence-corrected chi connectivity index (χ1v) is 7.61. The molecule has 1 aliphatic carbocycles. The molecule has 0 aliphatic heterocycles. The highest BCUT2D eigenvalue weighted by atomic mass is 79.9. The maximum Gasteiger partial charge on any atom is 0.407 e. The van der Waals surface area contributed by atoms with Gasteiger partial charge in [-0.15, -0.1) is 0 Å². The number of ether oxygens (including phenoxy) is 1. The number of nitrogens with zero attached hydrogens (tertiary/aromatic N) is 1. The van der Waals surface area contributed by atoms with Gasteiger partial charge in [-0.1, -0.05) is 0 Å². The minimum Gasteiger partial charge on any atom is -0.444 e. The van der Waals surface area contributed by atoms with Crippen LogP contribution in [0.15, 0.2) is 16.7 Å². The molecule has 1 aromatic heterocycles. The Kier molecular flexibility index (Phi) is 4.09. The lowest BCUT2D eigenvalue weighted by Gasteiger charge is -2.22. The Balaban J connectivity index is 2.00. The zero-order valence-corrected chi connectivity index (χ0v) is 14.0. The third-order valence-electron chi connectivity index (χ3n) is 3.37. The largest absolute Gasteiger partial charge is 0.444 e. The molecule has 0 saturated heterocycles. The van der Waals surface area contributed by atoms with E-state index in [1.165, 1.54) is 0 Å². The zero-order valence-electron chi connectivity index (χ0n) is 12.4. The summed E-state index contributed by atoms with van der Waals surface area (Å²) in [7, 11) is 0. The summed E-state index contributed by atoms with van der Waals surface area (Å²) in [6, 6.07) is 2.07. The number of hydrogen-bond donors (Lipinski definition) is 1. The maximum absolute atomic E-state index is 11.7. The molecule has 110 valence electrons. The van der Waals surface area contributed by atoms with E-state index in [0.29, 0.717) is 6.54 Å². The smallest absolute Gasteiger partial charge is 0.407 e. The fourth-order valence-corrected chi connectivity index (χ4v) is 2.75. The van der Waals surface area contributed by atoms with Crippen LogP contribution in [0.25, 0.3) is 0 Å². The lowest BCUT2D eigenvalue weighted by atomic mass is 9.98. The summed E-state index contributed by atoms with van der Waals surface area (Å²) in [4.78, 5) is 16.3. The van der Waals surface area contributed by atoms with Crippen LogP contribution in [0.3, 0.4) is 0 Å². The van der Waals surface area contributed by atoms with Crippen molar-refractivity contribution in [2.75, 3.05) is 6.54 Å². The van der Waals surface area contributed by atoms with E-state index in [1.807, 2.05) is 27.0 Å². The van der Waals surface area contributed by atoms with Gasteiger partial charge in [0.05, 0.1) is 5.69 Å². The second-order valence-electron chi connectivity index (χ2n) is 6.45. The quantitative estimate of drug-likeness (QED) is 0.912. The van der Waals surface area contributed by atoms with Crippen LogP contribution in [0.5, 0.6) is 0 Å². The van der Waals surface area contributed by atoms with E-state index in [4.69, 9.17) is 4.74 Å². The van der Waals surface area contributed by atoms with E-state index in [1.54, 1.807) is 0 Å². The van der Waals surface area contributed by atoms with Gasteiger partial charge in [0.25, 0.3) is 0 Å². The molecule has 0 bridgehead atoms. The SMILES string of the molecule is Cc1cc(Br)cnc1C1(CNC(=O)OC(C)(C)C)CC1. The highest BCUT2D eigenvalue weighted by Crippen LogP contribution is 2.48. The van der Waals surface area contributed by atoms with Gasteiger partial charge in [0, 0.05) is 22.6 Å². The molecular weight excluding hydrogens is 320 g/mol. The first-order chi connectivity index (χ1) is 9.22. The number of nitrogens with one attached hydrogen (secondary N) is 1. The normalized spacial score (nSPS) is 16.6. The molecule has 1 fully saturated rings. The van der Waals surface area contributed by atoms with Gasteiger partial charge in [-0.2, -0.15) is 0 Å². The van der Waals surface area contributed by atoms with E-state index >= 15 is 0 Å². The van der Waals surface area contributed by atoms with E-state index in [2.05, 4.69) is 39.2 Å². The van der Waals surface area contributed by atoms with Crippen LogP contribution >= 0.6 is 15.9 Å². The van der Waals surface area contributed by atoms with Crippen LogP contribution in [0, 0.1) is 6.92 Å². The molecule has 5 heteroatoms. The van der Waals surface area contributed by atoms with Crippen molar-refractivity contribution in [2.24, 2.45) is 0 Å². The van der Waals surface area contributed by atoms with Crippen LogP contribution in [0.1, 0.15) is 44.9 Å². The van der Waals surface area contributed by atoms with Crippen LogP contribution in [0.2, 0.25) is 0 Å². The molecule has 4 nitrogen and oxygen atoms in total. The summed E-state index contributed by atoms with van der Waals surface area (Å²) >= 11 is 3.43. The molecule has 0 radical (unpaired) electrons. The van der Waals surface area contributed by atoms with Crippen LogP contribution in [-0.4, -0.2) is 23.2 Å². The Morgan fingerprint density at radius 3 is 2.65 bits per heavy atom. The molecule has 20 heavy (non-hydrogen) atoms. The Hall–Kier alpha value is -1.10. The number of pyridine rings is 1. The molecule has 1 heterocycles. The van der Waals surface area contributed by atoms with Crippen molar-refractivity contribution in [1.29, 1.82) is 0 Å². The second-order valence-corrected chi connectivity index (χ2v) is 7.37. The molecule has 0 spiro atoms. The van der Waals surface area contributed by atoms with E-state index in [9.17, 15) is 4.79 Å². The minimum absolute atomic E-state index is 0.0122. The number of aromatic nitrogens is 1. The van der Waals surface area contributed by atoms with Crippen molar-refractivity contribution in [3.63, 3.8) is 0 Å². The molecule has 2 rings (SSSR count). The molecule has 1 aromatic rings. The molecule has 1 saturated carbocycles.